The van der Waals surface area contributed by atoms with Crippen molar-refractivity contribution in [3.05, 3.63) is 95.1 Å². The standard InChI is InChI=1S/C28H27N3O2/c1-21(32)31(20-24-6-3-2-4-7-24)26-14-15-27-25(18-26)8-5-17-30(27)28(33)16-13-22-9-11-23(19-29)12-10-22/h2-4,6-7,9-12,14-15,18H,5,8,13,16-17,20H2,1H3. The first-order valence-electron chi connectivity index (χ1n) is 11.3. The fourth-order valence-corrected chi connectivity index (χ4v) is 4.29. The van der Waals surface area contributed by atoms with Gasteiger partial charge in [-0.1, -0.05) is 42.5 Å². The van der Waals surface area contributed by atoms with E-state index in [1.807, 2.05) is 59.5 Å². The Morgan fingerprint density at radius 3 is 2.45 bits per heavy atom. The molecule has 1 aliphatic heterocycles. The summed E-state index contributed by atoms with van der Waals surface area (Å²) in [5.74, 6) is 0.0886. The molecule has 166 valence electrons. The number of hydrogen-bond donors (Lipinski definition) is 0. The van der Waals surface area contributed by atoms with Crippen LogP contribution in [0, 0.1) is 11.3 Å². The zero-order valence-electron chi connectivity index (χ0n) is 18.8. The molecule has 0 bridgehead atoms. The van der Waals surface area contributed by atoms with Gasteiger partial charge in [0.25, 0.3) is 0 Å². The lowest BCUT2D eigenvalue weighted by atomic mass is 9.99. The number of nitrogens with zero attached hydrogens (tertiary/aromatic N) is 3. The van der Waals surface area contributed by atoms with Crippen LogP contribution in [0.3, 0.4) is 0 Å². The average Bonchev–Trinajstić information content (AvgIpc) is 2.86. The highest BCUT2D eigenvalue weighted by molar-refractivity contribution is 5.96. The molecule has 3 aromatic carbocycles. The predicted molar refractivity (Wildman–Crippen MR) is 130 cm³/mol. The first-order chi connectivity index (χ1) is 16.0. The van der Waals surface area contributed by atoms with Crippen LogP contribution in [0.5, 0.6) is 0 Å². The van der Waals surface area contributed by atoms with Gasteiger partial charge in [0.2, 0.25) is 11.8 Å². The summed E-state index contributed by atoms with van der Waals surface area (Å²) < 4.78 is 0. The molecule has 0 atom stereocenters. The minimum absolute atomic E-state index is 0.00929. The van der Waals surface area contributed by atoms with Crippen molar-refractivity contribution in [3.8, 4) is 6.07 Å². The van der Waals surface area contributed by atoms with Crippen LogP contribution in [-0.4, -0.2) is 18.4 Å². The number of aryl methyl sites for hydroxylation is 2. The Hall–Kier alpha value is -3.91. The van der Waals surface area contributed by atoms with E-state index in [0.29, 0.717) is 31.5 Å². The van der Waals surface area contributed by atoms with E-state index >= 15 is 0 Å². The summed E-state index contributed by atoms with van der Waals surface area (Å²) >= 11 is 0. The van der Waals surface area contributed by atoms with Gasteiger partial charge in [0, 0.05) is 31.3 Å². The smallest absolute Gasteiger partial charge is 0.227 e. The Balaban J connectivity index is 1.49. The van der Waals surface area contributed by atoms with Gasteiger partial charge in [-0.05, 0) is 66.3 Å². The van der Waals surface area contributed by atoms with Crippen LogP contribution in [-0.2, 0) is 29.0 Å². The van der Waals surface area contributed by atoms with E-state index in [-0.39, 0.29) is 11.8 Å². The van der Waals surface area contributed by atoms with Gasteiger partial charge in [-0.3, -0.25) is 9.59 Å². The second-order valence-electron chi connectivity index (χ2n) is 8.36. The SMILES string of the molecule is CC(=O)N(Cc1ccccc1)c1ccc2c(c1)CCCN2C(=O)CCc1ccc(C#N)cc1. The lowest BCUT2D eigenvalue weighted by Crippen LogP contribution is -2.36. The summed E-state index contributed by atoms with van der Waals surface area (Å²) in [7, 11) is 0. The second-order valence-corrected chi connectivity index (χ2v) is 8.36. The molecule has 5 heteroatoms. The highest BCUT2D eigenvalue weighted by Crippen LogP contribution is 2.32. The highest BCUT2D eigenvalue weighted by Gasteiger charge is 2.24. The predicted octanol–water partition coefficient (Wildman–Crippen LogP) is 5.02. The molecule has 0 unspecified atom stereocenters. The Morgan fingerprint density at radius 2 is 1.76 bits per heavy atom. The first kappa shape index (κ1) is 22.3. The van der Waals surface area contributed by atoms with E-state index in [1.54, 1.807) is 24.0 Å². The van der Waals surface area contributed by atoms with E-state index in [2.05, 4.69) is 12.1 Å². The van der Waals surface area contributed by atoms with Crippen molar-refractivity contribution in [1.82, 2.24) is 0 Å². The normalized spacial score (nSPS) is 12.5. The van der Waals surface area contributed by atoms with Gasteiger partial charge >= 0.3 is 0 Å². The van der Waals surface area contributed by atoms with Crippen LogP contribution in [0.1, 0.15) is 42.0 Å². The summed E-state index contributed by atoms with van der Waals surface area (Å²) in [5.41, 5.74) is 5.65. The second kappa shape index (κ2) is 10.1. The molecule has 0 radical (unpaired) electrons. The van der Waals surface area contributed by atoms with Crippen LogP contribution in [0.25, 0.3) is 0 Å². The molecule has 1 aliphatic rings. The quantitative estimate of drug-likeness (QED) is 0.544. The fourth-order valence-electron chi connectivity index (χ4n) is 4.29. The maximum Gasteiger partial charge on any atom is 0.227 e. The number of hydrogen-bond acceptors (Lipinski definition) is 3. The van der Waals surface area contributed by atoms with Crippen LogP contribution in [0.4, 0.5) is 11.4 Å². The third kappa shape index (κ3) is 5.30. The van der Waals surface area contributed by atoms with Crippen LogP contribution < -0.4 is 9.80 Å². The number of nitriles is 1. The number of carbonyl (C=O) groups is 2. The van der Waals surface area contributed by atoms with E-state index in [0.717, 1.165) is 40.9 Å². The van der Waals surface area contributed by atoms with Crippen molar-refractivity contribution in [1.29, 1.82) is 5.26 Å². The lowest BCUT2D eigenvalue weighted by molar-refractivity contribution is -0.119. The molecule has 0 fully saturated rings. The van der Waals surface area contributed by atoms with Gasteiger partial charge in [-0.15, -0.1) is 0 Å². The molecule has 0 aliphatic carbocycles. The molecule has 0 spiro atoms. The summed E-state index contributed by atoms with van der Waals surface area (Å²) in [4.78, 5) is 29.1. The Kier molecular flexibility index (Phi) is 6.85. The molecular weight excluding hydrogens is 410 g/mol. The number of amides is 2. The van der Waals surface area contributed by atoms with Crippen LogP contribution in [0.15, 0.2) is 72.8 Å². The molecular formula is C28H27N3O2. The molecule has 33 heavy (non-hydrogen) atoms. The van der Waals surface area contributed by atoms with E-state index in [1.165, 1.54) is 0 Å². The molecule has 0 saturated heterocycles. The Morgan fingerprint density at radius 1 is 1.00 bits per heavy atom. The number of fused-ring (bicyclic) bond motifs is 1. The molecule has 5 nitrogen and oxygen atoms in total. The minimum atomic E-state index is -0.00929. The highest BCUT2D eigenvalue weighted by atomic mass is 16.2. The summed E-state index contributed by atoms with van der Waals surface area (Å²) in [5, 5.41) is 8.94. The van der Waals surface area contributed by atoms with Crippen molar-refractivity contribution in [2.24, 2.45) is 0 Å². The number of rotatable bonds is 6. The average molecular weight is 438 g/mol. The van der Waals surface area contributed by atoms with Crippen molar-refractivity contribution in [3.63, 3.8) is 0 Å². The van der Waals surface area contributed by atoms with Crippen molar-refractivity contribution < 1.29 is 9.59 Å². The van der Waals surface area contributed by atoms with E-state index < -0.39 is 0 Å². The Labute approximate surface area is 194 Å². The Bertz CT molecular complexity index is 1180. The monoisotopic (exact) mass is 437 g/mol. The maximum absolute atomic E-state index is 13.0. The summed E-state index contributed by atoms with van der Waals surface area (Å²) in [6.45, 7) is 2.81. The molecule has 2 amide bonds. The lowest BCUT2D eigenvalue weighted by Gasteiger charge is -2.31. The number of anilines is 2. The molecule has 0 saturated carbocycles. The zero-order chi connectivity index (χ0) is 23.2. The van der Waals surface area contributed by atoms with Crippen molar-refractivity contribution in [2.45, 2.75) is 39.2 Å². The largest absolute Gasteiger partial charge is 0.312 e. The van der Waals surface area contributed by atoms with Gasteiger partial charge in [0.05, 0.1) is 18.2 Å². The van der Waals surface area contributed by atoms with Crippen LogP contribution in [0.2, 0.25) is 0 Å². The van der Waals surface area contributed by atoms with Gasteiger partial charge in [-0.25, -0.2) is 0 Å². The molecule has 3 aromatic rings. The van der Waals surface area contributed by atoms with Gasteiger partial charge in [-0.2, -0.15) is 5.26 Å². The van der Waals surface area contributed by atoms with Crippen LogP contribution >= 0.6 is 0 Å². The first-order valence-corrected chi connectivity index (χ1v) is 11.3. The molecule has 4 rings (SSSR count). The minimum Gasteiger partial charge on any atom is -0.312 e. The molecule has 0 N–H and O–H groups in total. The summed E-state index contributed by atoms with van der Waals surface area (Å²) in [6, 6.07) is 25.4. The fraction of sp³-hybridized carbons (Fsp3) is 0.250. The summed E-state index contributed by atoms with van der Waals surface area (Å²) in [6.07, 6.45) is 2.85. The van der Waals surface area contributed by atoms with Crippen molar-refractivity contribution in [2.75, 3.05) is 16.3 Å². The topological polar surface area (TPSA) is 64.4 Å². The van der Waals surface area contributed by atoms with Gasteiger partial charge < -0.3 is 9.80 Å². The maximum atomic E-state index is 13.0. The zero-order valence-corrected chi connectivity index (χ0v) is 18.8. The van der Waals surface area contributed by atoms with Gasteiger partial charge in [0.15, 0.2) is 0 Å². The third-order valence-electron chi connectivity index (χ3n) is 6.07. The third-order valence-corrected chi connectivity index (χ3v) is 6.07. The molecule has 0 aromatic heterocycles. The van der Waals surface area contributed by atoms with E-state index in [9.17, 15) is 9.59 Å². The number of carbonyl (C=O) groups excluding carboxylic acids is 2. The van der Waals surface area contributed by atoms with E-state index in [4.69, 9.17) is 5.26 Å². The molecule has 1 heterocycles. The van der Waals surface area contributed by atoms with Gasteiger partial charge in [0.1, 0.15) is 0 Å². The van der Waals surface area contributed by atoms with Crippen molar-refractivity contribution >= 4 is 23.2 Å². The number of benzene rings is 3.